The number of carbonyl (C=O) groups is 2. The van der Waals surface area contributed by atoms with Gasteiger partial charge in [-0.2, -0.15) is 0 Å². The van der Waals surface area contributed by atoms with Gasteiger partial charge in [-0.1, -0.05) is 19.0 Å². The minimum absolute atomic E-state index is 0.105. The van der Waals surface area contributed by atoms with E-state index < -0.39 is 6.04 Å². The van der Waals surface area contributed by atoms with Gasteiger partial charge in [-0.3, -0.25) is 9.59 Å². The van der Waals surface area contributed by atoms with Crippen LogP contribution in [0.25, 0.3) is 11.3 Å². The zero-order valence-electron chi connectivity index (χ0n) is 16.4. The minimum Gasteiger partial charge on any atom is -0.508 e. The largest absolute Gasteiger partial charge is 0.508 e. The normalized spacial score (nSPS) is 21.3. The fraction of sp³-hybridized carbons (Fsp3) is 0.476. The first-order valence-electron chi connectivity index (χ1n) is 9.77. The van der Waals surface area contributed by atoms with Crippen molar-refractivity contribution >= 4 is 11.8 Å². The third-order valence-electron chi connectivity index (χ3n) is 5.46. The predicted octanol–water partition coefficient (Wildman–Crippen LogP) is 2.52. The zero-order valence-corrected chi connectivity index (χ0v) is 16.4. The third-order valence-corrected chi connectivity index (χ3v) is 5.46. The number of carbonyl (C=O) groups excluding carboxylic acids is 2. The molecule has 1 fully saturated rings. The summed E-state index contributed by atoms with van der Waals surface area (Å²) < 4.78 is 5.56. The number of hydrogen-bond acceptors (Lipinski definition) is 5. The second-order valence-corrected chi connectivity index (χ2v) is 8.19. The molecule has 1 saturated heterocycles. The number of fused-ring (bicyclic) bond motifs is 3. The third kappa shape index (κ3) is 3.15. The minimum atomic E-state index is -0.496. The molecule has 0 radical (unpaired) electrons. The lowest BCUT2D eigenvalue weighted by Gasteiger charge is -2.38. The van der Waals surface area contributed by atoms with Gasteiger partial charge in [0.15, 0.2) is 11.5 Å². The van der Waals surface area contributed by atoms with Crippen molar-refractivity contribution in [2.24, 2.45) is 5.92 Å². The van der Waals surface area contributed by atoms with Crippen LogP contribution in [0.3, 0.4) is 0 Å². The first kappa shape index (κ1) is 18.5. The molecule has 2 N–H and O–H groups in total. The maximum Gasteiger partial charge on any atom is 0.277 e. The average Bonchev–Trinajstić information content (AvgIpc) is 3.07. The van der Waals surface area contributed by atoms with Gasteiger partial charge in [0.05, 0.1) is 0 Å². The van der Waals surface area contributed by atoms with Crippen molar-refractivity contribution in [1.82, 2.24) is 15.4 Å². The SMILES string of the molecule is CC(C)CC1C(=O)NC(C)CN1C(=O)c1noc2c1CCc1cc(O)ccc1-2. The Morgan fingerprint density at radius 3 is 2.93 bits per heavy atom. The monoisotopic (exact) mass is 383 g/mol. The molecule has 4 rings (SSSR count). The number of phenols is 1. The van der Waals surface area contributed by atoms with Crippen molar-refractivity contribution in [3.05, 3.63) is 35.0 Å². The number of aromatic hydroxyl groups is 1. The lowest BCUT2D eigenvalue weighted by molar-refractivity contribution is -0.129. The van der Waals surface area contributed by atoms with Gasteiger partial charge in [-0.15, -0.1) is 0 Å². The van der Waals surface area contributed by atoms with Gasteiger partial charge in [-0.25, -0.2) is 0 Å². The maximum atomic E-state index is 13.4. The number of amides is 2. The van der Waals surface area contributed by atoms with Crippen LogP contribution in [0.1, 0.15) is 48.8 Å². The van der Waals surface area contributed by atoms with E-state index >= 15 is 0 Å². The summed E-state index contributed by atoms with van der Waals surface area (Å²) in [6.45, 7) is 6.43. The summed E-state index contributed by atoms with van der Waals surface area (Å²) in [7, 11) is 0. The molecule has 7 nitrogen and oxygen atoms in total. The smallest absolute Gasteiger partial charge is 0.277 e. The van der Waals surface area contributed by atoms with Gasteiger partial charge < -0.3 is 19.8 Å². The van der Waals surface area contributed by atoms with Crippen LogP contribution in [0.4, 0.5) is 0 Å². The highest BCUT2D eigenvalue weighted by molar-refractivity contribution is 5.99. The number of phenolic OH excluding ortho intramolecular Hbond substituents is 1. The van der Waals surface area contributed by atoms with Gasteiger partial charge in [0.1, 0.15) is 11.8 Å². The molecule has 2 aromatic rings. The van der Waals surface area contributed by atoms with Crippen LogP contribution in [-0.2, 0) is 17.6 Å². The number of benzene rings is 1. The summed E-state index contributed by atoms with van der Waals surface area (Å²) >= 11 is 0. The first-order chi connectivity index (χ1) is 13.3. The van der Waals surface area contributed by atoms with Crippen LogP contribution in [0.15, 0.2) is 22.7 Å². The summed E-state index contributed by atoms with van der Waals surface area (Å²) in [4.78, 5) is 27.5. The summed E-state index contributed by atoms with van der Waals surface area (Å²) in [5, 5.41) is 16.7. The summed E-state index contributed by atoms with van der Waals surface area (Å²) in [6, 6.07) is 4.51. The Bertz CT molecular complexity index is 934. The lowest BCUT2D eigenvalue weighted by atomic mass is 9.89. The summed E-state index contributed by atoms with van der Waals surface area (Å²) in [5.41, 5.74) is 2.91. The van der Waals surface area contributed by atoms with Crippen LogP contribution in [0, 0.1) is 5.92 Å². The Labute approximate surface area is 163 Å². The molecule has 2 atom stereocenters. The Morgan fingerprint density at radius 2 is 2.18 bits per heavy atom. The first-order valence-corrected chi connectivity index (χ1v) is 9.77. The molecule has 148 valence electrons. The van der Waals surface area contributed by atoms with Crippen LogP contribution >= 0.6 is 0 Å². The number of hydrogen-bond donors (Lipinski definition) is 2. The summed E-state index contributed by atoms with van der Waals surface area (Å²) in [5.74, 6) is 0.714. The summed E-state index contributed by atoms with van der Waals surface area (Å²) in [6.07, 6.45) is 1.91. The van der Waals surface area contributed by atoms with Crippen LogP contribution in [0.2, 0.25) is 0 Å². The lowest BCUT2D eigenvalue weighted by Crippen LogP contribution is -2.61. The zero-order chi connectivity index (χ0) is 20.0. The number of nitrogens with one attached hydrogen (secondary N) is 1. The molecule has 0 bridgehead atoms. The molecule has 28 heavy (non-hydrogen) atoms. The molecular formula is C21H25N3O4. The Balaban J connectivity index is 1.69. The Morgan fingerprint density at radius 1 is 1.39 bits per heavy atom. The maximum absolute atomic E-state index is 13.4. The van der Waals surface area contributed by atoms with Crippen molar-refractivity contribution in [1.29, 1.82) is 0 Å². The highest BCUT2D eigenvalue weighted by Crippen LogP contribution is 2.37. The van der Waals surface area contributed by atoms with Crippen molar-refractivity contribution < 1.29 is 19.2 Å². The van der Waals surface area contributed by atoms with Crippen molar-refractivity contribution in [2.75, 3.05) is 6.54 Å². The van der Waals surface area contributed by atoms with E-state index in [0.29, 0.717) is 37.3 Å². The molecule has 2 heterocycles. The van der Waals surface area contributed by atoms with Crippen LogP contribution in [-0.4, -0.2) is 45.6 Å². The molecule has 2 aliphatic rings. The second-order valence-electron chi connectivity index (χ2n) is 8.19. The number of piperazine rings is 1. The fourth-order valence-corrected chi connectivity index (χ4v) is 4.18. The number of aryl methyl sites for hydroxylation is 1. The second kappa shape index (κ2) is 6.96. The highest BCUT2D eigenvalue weighted by atomic mass is 16.5. The molecule has 0 saturated carbocycles. The Hall–Kier alpha value is -2.83. The highest BCUT2D eigenvalue weighted by Gasteiger charge is 2.39. The molecule has 0 spiro atoms. The van der Waals surface area contributed by atoms with Crippen molar-refractivity contribution in [3.8, 4) is 17.1 Å². The molecule has 2 unspecified atom stereocenters. The van der Waals surface area contributed by atoms with Crippen molar-refractivity contribution in [3.63, 3.8) is 0 Å². The number of nitrogens with zero attached hydrogens (tertiary/aromatic N) is 2. The van der Waals surface area contributed by atoms with Gasteiger partial charge >= 0.3 is 0 Å². The quantitative estimate of drug-likeness (QED) is 0.849. The molecule has 2 amide bonds. The Kier molecular flexibility index (Phi) is 4.61. The van der Waals surface area contributed by atoms with E-state index in [-0.39, 0.29) is 29.5 Å². The molecule has 1 aromatic carbocycles. The van der Waals surface area contributed by atoms with E-state index in [4.69, 9.17) is 4.52 Å². The predicted molar refractivity (Wildman–Crippen MR) is 103 cm³/mol. The van der Waals surface area contributed by atoms with E-state index in [1.807, 2.05) is 20.8 Å². The average molecular weight is 383 g/mol. The van der Waals surface area contributed by atoms with Crippen LogP contribution < -0.4 is 5.32 Å². The van der Waals surface area contributed by atoms with Crippen LogP contribution in [0.5, 0.6) is 5.75 Å². The molecule has 1 aliphatic heterocycles. The number of rotatable bonds is 3. The van der Waals surface area contributed by atoms with E-state index in [9.17, 15) is 14.7 Å². The van der Waals surface area contributed by atoms with E-state index in [2.05, 4.69) is 10.5 Å². The van der Waals surface area contributed by atoms with E-state index in [1.165, 1.54) is 0 Å². The van der Waals surface area contributed by atoms with Gasteiger partial charge in [0.2, 0.25) is 5.91 Å². The topological polar surface area (TPSA) is 95.7 Å². The molecule has 1 aliphatic carbocycles. The molecule has 1 aromatic heterocycles. The van der Waals surface area contributed by atoms with Gasteiger partial charge in [0.25, 0.3) is 5.91 Å². The van der Waals surface area contributed by atoms with E-state index in [0.717, 1.165) is 16.7 Å². The van der Waals surface area contributed by atoms with Gasteiger partial charge in [-0.05, 0) is 55.9 Å². The molecule has 7 heteroatoms. The van der Waals surface area contributed by atoms with Crippen molar-refractivity contribution in [2.45, 2.75) is 52.1 Å². The standard InChI is InChI=1S/C21H25N3O4/c1-11(2)8-17-20(26)22-12(3)10-24(17)21(27)18-16-6-4-13-9-14(25)5-7-15(13)19(16)28-23-18/h5,7,9,11-12,17,25H,4,6,8,10H2,1-3H3,(H,22,26). The fourth-order valence-electron chi connectivity index (χ4n) is 4.18. The van der Waals surface area contributed by atoms with E-state index in [1.54, 1.807) is 23.1 Å². The molecular weight excluding hydrogens is 358 g/mol. The van der Waals surface area contributed by atoms with Gasteiger partial charge in [0, 0.05) is 23.7 Å². The number of aromatic nitrogens is 1.